The Morgan fingerprint density at radius 3 is 2.77 bits per heavy atom. The number of anilines is 2. The molecule has 0 aliphatic heterocycles. The highest BCUT2D eigenvalue weighted by Gasteiger charge is 2.22. The molecule has 0 fully saturated rings. The van der Waals surface area contributed by atoms with Crippen LogP contribution in [-0.2, 0) is 16.6 Å². The fraction of sp³-hybridized carbons (Fsp3) is 0.364. The molecule has 0 saturated heterocycles. The molecule has 1 amide bonds. The van der Waals surface area contributed by atoms with E-state index in [0.29, 0.717) is 35.4 Å². The van der Waals surface area contributed by atoms with Crippen molar-refractivity contribution in [1.29, 1.82) is 0 Å². The Kier molecular flexibility index (Phi) is 7.48. The molecule has 3 rings (SSSR count). The summed E-state index contributed by atoms with van der Waals surface area (Å²) in [6, 6.07) is 6.88. The first kappa shape index (κ1) is 23.0. The van der Waals surface area contributed by atoms with E-state index >= 15 is 4.39 Å². The molecule has 0 aliphatic carbocycles. The van der Waals surface area contributed by atoms with Gasteiger partial charge in [-0.15, -0.1) is 0 Å². The van der Waals surface area contributed by atoms with Gasteiger partial charge in [0.1, 0.15) is 5.52 Å². The molecule has 0 saturated carbocycles. The first-order chi connectivity index (χ1) is 14.8. The summed E-state index contributed by atoms with van der Waals surface area (Å²) < 4.78 is 22.4. The molecule has 1 heterocycles. The van der Waals surface area contributed by atoms with E-state index in [-0.39, 0.29) is 23.4 Å². The van der Waals surface area contributed by atoms with E-state index in [9.17, 15) is 4.79 Å². The van der Waals surface area contributed by atoms with Crippen LogP contribution in [0.25, 0.3) is 11.0 Å². The van der Waals surface area contributed by atoms with Gasteiger partial charge in [-0.05, 0) is 36.6 Å². The highest BCUT2D eigenvalue weighted by atomic mass is 35.5. The number of imidazole rings is 1. The van der Waals surface area contributed by atoms with Crippen LogP contribution >= 0.6 is 11.6 Å². The highest BCUT2D eigenvalue weighted by Crippen LogP contribution is 2.33. The Balaban J connectivity index is 1.85. The number of amides is 1. The molecule has 2 aromatic carbocycles. The smallest absolute Gasteiger partial charge is 0.277 e. The molecule has 0 atom stereocenters. The highest BCUT2D eigenvalue weighted by molar-refractivity contribution is 6.33. The average Bonchev–Trinajstić information content (AvgIpc) is 3.09. The lowest BCUT2D eigenvalue weighted by Crippen LogP contribution is -2.27. The third-order valence-electron chi connectivity index (χ3n) is 4.54. The second kappa shape index (κ2) is 10.1. The SMILES string of the molecule is Cc1ccc(Nc2c(C(=O)NOCCOCC(C)C)cc3c(ncn3C)c2F)c(Cl)c1. The molecular formula is C22H26ClFN4O3. The van der Waals surface area contributed by atoms with Crippen molar-refractivity contribution in [1.82, 2.24) is 15.0 Å². The quantitative estimate of drug-likeness (QED) is 0.365. The third-order valence-corrected chi connectivity index (χ3v) is 4.85. The maximum Gasteiger partial charge on any atom is 0.277 e. The van der Waals surface area contributed by atoms with Crippen molar-refractivity contribution in [2.45, 2.75) is 20.8 Å². The van der Waals surface area contributed by atoms with E-state index in [1.807, 2.05) is 26.8 Å². The van der Waals surface area contributed by atoms with Crippen molar-refractivity contribution in [2.75, 3.05) is 25.1 Å². The topological polar surface area (TPSA) is 77.4 Å². The van der Waals surface area contributed by atoms with Crippen LogP contribution in [0.4, 0.5) is 15.8 Å². The van der Waals surface area contributed by atoms with Crippen LogP contribution in [0.3, 0.4) is 0 Å². The van der Waals surface area contributed by atoms with Gasteiger partial charge in [0.25, 0.3) is 5.91 Å². The van der Waals surface area contributed by atoms with Crippen LogP contribution in [0, 0.1) is 18.7 Å². The normalized spacial score (nSPS) is 11.3. The van der Waals surface area contributed by atoms with Gasteiger partial charge in [-0.1, -0.05) is 31.5 Å². The van der Waals surface area contributed by atoms with Crippen molar-refractivity contribution in [3.8, 4) is 0 Å². The number of hydrogen-bond donors (Lipinski definition) is 2. The maximum atomic E-state index is 15.3. The predicted octanol–water partition coefficient (Wildman–Crippen LogP) is 4.75. The molecule has 31 heavy (non-hydrogen) atoms. The van der Waals surface area contributed by atoms with Gasteiger partial charge in [-0.3, -0.25) is 9.63 Å². The lowest BCUT2D eigenvalue weighted by atomic mass is 10.1. The molecule has 1 aromatic heterocycles. The maximum absolute atomic E-state index is 15.3. The Labute approximate surface area is 185 Å². The summed E-state index contributed by atoms with van der Waals surface area (Å²) >= 11 is 6.30. The van der Waals surface area contributed by atoms with Gasteiger partial charge in [-0.2, -0.15) is 0 Å². The number of carbonyl (C=O) groups excluding carboxylic acids is 1. The molecule has 166 valence electrons. The number of halogens is 2. The molecule has 2 N–H and O–H groups in total. The number of fused-ring (bicyclic) bond motifs is 1. The van der Waals surface area contributed by atoms with Crippen LogP contribution in [0.15, 0.2) is 30.6 Å². The van der Waals surface area contributed by atoms with Crippen LogP contribution in [0.1, 0.15) is 29.8 Å². The zero-order valence-electron chi connectivity index (χ0n) is 18.0. The van der Waals surface area contributed by atoms with Crippen molar-refractivity contribution >= 4 is 39.9 Å². The number of aryl methyl sites for hydroxylation is 2. The van der Waals surface area contributed by atoms with Crippen LogP contribution < -0.4 is 10.8 Å². The molecule has 0 aliphatic rings. The van der Waals surface area contributed by atoms with Gasteiger partial charge in [0.15, 0.2) is 5.82 Å². The number of rotatable bonds is 9. The Morgan fingerprint density at radius 1 is 1.29 bits per heavy atom. The van der Waals surface area contributed by atoms with E-state index in [1.165, 1.54) is 6.33 Å². The summed E-state index contributed by atoms with van der Waals surface area (Å²) in [6.07, 6.45) is 1.49. The Bertz CT molecular complexity index is 1080. The minimum atomic E-state index is -0.653. The summed E-state index contributed by atoms with van der Waals surface area (Å²) in [7, 11) is 1.73. The van der Waals surface area contributed by atoms with Gasteiger partial charge in [-0.25, -0.2) is 14.9 Å². The molecule has 9 heteroatoms. The minimum absolute atomic E-state index is 0.0332. The zero-order valence-corrected chi connectivity index (χ0v) is 18.7. The summed E-state index contributed by atoms with van der Waals surface area (Å²) in [5, 5.41) is 3.35. The second-order valence-corrected chi connectivity index (χ2v) is 8.10. The minimum Gasteiger partial charge on any atom is -0.379 e. The molecule has 0 unspecified atom stereocenters. The van der Waals surface area contributed by atoms with E-state index < -0.39 is 11.7 Å². The Morgan fingerprint density at radius 2 is 2.06 bits per heavy atom. The molecule has 3 aromatic rings. The number of hydroxylamine groups is 1. The number of nitrogens with zero attached hydrogens (tertiary/aromatic N) is 2. The summed E-state index contributed by atoms with van der Waals surface area (Å²) in [5.74, 6) is -0.845. The standard InChI is InChI=1S/C22H26ClFN4O3/c1-13(2)11-30-7-8-31-27-22(29)15-10-18-21(25-12-28(18)4)19(24)20(15)26-17-6-5-14(3)9-16(17)23/h5-6,9-10,12-13,26H,7-8,11H2,1-4H3,(H,27,29). The zero-order chi connectivity index (χ0) is 22.5. The van der Waals surface area contributed by atoms with Crippen LogP contribution in [-0.4, -0.2) is 35.3 Å². The summed E-state index contributed by atoms with van der Waals surface area (Å²) in [6.45, 7) is 7.09. The largest absolute Gasteiger partial charge is 0.379 e. The fourth-order valence-corrected chi connectivity index (χ4v) is 3.26. The van der Waals surface area contributed by atoms with Gasteiger partial charge in [0.2, 0.25) is 0 Å². The first-order valence-electron chi connectivity index (χ1n) is 9.94. The van der Waals surface area contributed by atoms with E-state index in [0.717, 1.165) is 5.56 Å². The molecular weight excluding hydrogens is 423 g/mol. The van der Waals surface area contributed by atoms with Crippen molar-refractivity contribution < 1.29 is 18.8 Å². The van der Waals surface area contributed by atoms with Gasteiger partial charge < -0.3 is 14.6 Å². The summed E-state index contributed by atoms with van der Waals surface area (Å²) in [5.41, 5.74) is 4.44. The number of carbonyl (C=O) groups is 1. The van der Waals surface area contributed by atoms with Crippen LogP contribution in [0.2, 0.25) is 5.02 Å². The second-order valence-electron chi connectivity index (χ2n) is 7.69. The number of nitrogens with one attached hydrogen (secondary N) is 2. The number of hydrogen-bond acceptors (Lipinski definition) is 5. The first-order valence-corrected chi connectivity index (χ1v) is 10.3. The van der Waals surface area contributed by atoms with Crippen molar-refractivity contribution in [2.24, 2.45) is 13.0 Å². The number of ether oxygens (including phenoxy) is 1. The number of benzene rings is 2. The molecule has 7 nitrogen and oxygen atoms in total. The lowest BCUT2D eigenvalue weighted by Gasteiger charge is -2.15. The van der Waals surface area contributed by atoms with E-state index in [1.54, 1.807) is 29.8 Å². The Hall–Kier alpha value is -2.68. The van der Waals surface area contributed by atoms with Crippen molar-refractivity contribution in [3.05, 3.63) is 52.6 Å². The summed E-state index contributed by atoms with van der Waals surface area (Å²) in [4.78, 5) is 22.1. The monoisotopic (exact) mass is 448 g/mol. The third kappa shape index (κ3) is 5.52. The number of aromatic nitrogens is 2. The molecule has 0 radical (unpaired) electrons. The van der Waals surface area contributed by atoms with Gasteiger partial charge in [0.05, 0.1) is 47.0 Å². The van der Waals surface area contributed by atoms with Crippen molar-refractivity contribution in [3.63, 3.8) is 0 Å². The van der Waals surface area contributed by atoms with Crippen LogP contribution in [0.5, 0.6) is 0 Å². The molecule has 0 bridgehead atoms. The van der Waals surface area contributed by atoms with E-state index in [2.05, 4.69) is 15.8 Å². The average molecular weight is 449 g/mol. The fourth-order valence-electron chi connectivity index (χ4n) is 2.97. The molecule has 0 spiro atoms. The van der Waals surface area contributed by atoms with Gasteiger partial charge >= 0.3 is 0 Å². The van der Waals surface area contributed by atoms with Gasteiger partial charge in [0, 0.05) is 13.7 Å². The lowest BCUT2D eigenvalue weighted by molar-refractivity contribution is -0.00483. The predicted molar refractivity (Wildman–Crippen MR) is 119 cm³/mol. The van der Waals surface area contributed by atoms with E-state index in [4.69, 9.17) is 21.2 Å².